The third kappa shape index (κ3) is 3.03. The lowest BCUT2D eigenvalue weighted by atomic mass is 9.89. The van der Waals surface area contributed by atoms with Gasteiger partial charge in [-0.05, 0) is 37.7 Å². The van der Waals surface area contributed by atoms with Crippen molar-refractivity contribution in [3.05, 3.63) is 35.4 Å². The first-order valence-electron chi connectivity index (χ1n) is 7.67. The molecule has 1 aliphatic carbocycles. The Morgan fingerprint density at radius 2 is 1.90 bits per heavy atom. The molecule has 1 atom stereocenters. The van der Waals surface area contributed by atoms with Gasteiger partial charge >= 0.3 is 0 Å². The van der Waals surface area contributed by atoms with Crippen LogP contribution in [0, 0.1) is 12.3 Å². The van der Waals surface area contributed by atoms with Crippen LogP contribution < -0.4 is 5.32 Å². The van der Waals surface area contributed by atoms with Crippen molar-refractivity contribution in [2.24, 2.45) is 10.4 Å². The summed E-state index contributed by atoms with van der Waals surface area (Å²) in [5.41, 5.74) is 3.18. The molecule has 1 heterocycles. The third-order valence-corrected chi connectivity index (χ3v) is 5.93. The van der Waals surface area contributed by atoms with Gasteiger partial charge in [0.1, 0.15) is 0 Å². The summed E-state index contributed by atoms with van der Waals surface area (Å²) in [7, 11) is 0. The second kappa shape index (κ2) is 5.80. The fraction of sp³-hybridized carbons (Fsp3) is 0.588. The third-order valence-electron chi connectivity index (χ3n) is 4.65. The van der Waals surface area contributed by atoms with Crippen molar-refractivity contribution in [1.29, 1.82) is 0 Å². The molecule has 1 aromatic carbocycles. The summed E-state index contributed by atoms with van der Waals surface area (Å²) >= 11 is 1.92. The maximum absolute atomic E-state index is 4.82. The van der Waals surface area contributed by atoms with Crippen LogP contribution in [0.3, 0.4) is 0 Å². The molecule has 1 unspecified atom stereocenters. The molecule has 3 heteroatoms. The van der Waals surface area contributed by atoms with Gasteiger partial charge in [0.25, 0.3) is 0 Å². The maximum atomic E-state index is 4.82. The highest BCUT2D eigenvalue weighted by atomic mass is 32.2. The van der Waals surface area contributed by atoms with E-state index in [2.05, 4.69) is 43.4 Å². The summed E-state index contributed by atoms with van der Waals surface area (Å²) in [5, 5.41) is 4.71. The standard InChI is InChI=1S/C17H24N2S/c1-13-5-7-15(8-6-13)14(2)19-16-18-11-17(12-20-16)9-3-4-10-17/h5-8,14H,3-4,9-12H2,1-2H3,(H,18,19). The van der Waals surface area contributed by atoms with E-state index >= 15 is 0 Å². The van der Waals surface area contributed by atoms with Crippen molar-refractivity contribution >= 4 is 16.9 Å². The maximum Gasteiger partial charge on any atom is 0.157 e. The van der Waals surface area contributed by atoms with Gasteiger partial charge in [-0.1, -0.05) is 54.4 Å². The van der Waals surface area contributed by atoms with E-state index in [0.717, 1.165) is 11.7 Å². The SMILES string of the molecule is Cc1ccc(C(C)NC2=NCC3(CCCC3)CS2)cc1. The van der Waals surface area contributed by atoms with E-state index in [1.807, 2.05) is 11.8 Å². The molecule has 2 aliphatic rings. The normalized spacial score (nSPS) is 22.6. The first-order chi connectivity index (χ1) is 9.67. The molecule has 1 aromatic rings. The molecule has 1 spiro atoms. The minimum atomic E-state index is 0.333. The van der Waals surface area contributed by atoms with Crippen molar-refractivity contribution in [2.45, 2.75) is 45.6 Å². The fourth-order valence-electron chi connectivity index (χ4n) is 3.19. The first-order valence-corrected chi connectivity index (χ1v) is 8.66. The minimum absolute atomic E-state index is 0.333. The van der Waals surface area contributed by atoms with Crippen LogP contribution in [-0.2, 0) is 0 Å². The molecule has 0 radical (unpaired) electrons. The smallest absolute Gasteiger partial charge is 0.157 e. The summed E-state index contributed by atoms with van der Waals surface area (Å²) in [5.74, 6) is 1.25. The van der Waals surface area contributed by atoms with Crippen molar-refractivity contribution in [1.82, 2.24) is 5.32 Å². The van der Waals surface area contributed by atoms with Crippen LogP contribution in [0.15, 0.2) is 29.3 Å². The number of amidine groups is 1. The second-order valence-corrected chi connectivity index (χ2v) is 7.36. The Morgan fingerprint density at radius 3 is 2.50 bits per heavy atom. The predicted molar refractivity (Wildman–Crippen MR) is 88.4 cm³/mol. The Balaban J connectivity index is 1.61. The van der Waals surface area contributed by atoms with E-state index in [-0.39, 0.29) is 0 Å². The van der Waals surface area contributed by atoms with Gasteiger partial charge in [-0.15, -0.1) is 0 Å². The van der Waals surface area contributed by atoms with Gasteiger partial charge in [0.15, 0.2) is 5.17 Å². The average Bonchev–Trinajstić information content (AvgIpc) is 2.91. The lowest BCUT2D eigenvalue weighted by Crippen LogP contribution is -2.34. The quantitative estimate of drug-likeness (QED) is 0.877. The van der Waals surface area contributed by atoms with Gasteiger partial charge in [0.05, 0.1) is 6.04 Å². The van der Waals surface area contributed by atoms with E-state index < -0.39 is 0 Å². The zero-order valence-corrected chi connectivity index (χ0v) is 13.3. The summed E-state index contributed by atoms with van der Waals surface area (Å²) in [6.07, 6.45) is 5.56. The van der Waals surface area contributed by atoms with Crippen LogP contribution in [0.5, 0.6) is 0 Å². The Labute approximate surface area is 126 Å². The number of hydrogen-bond acceptors (Lipinski definition) is 3. The monoisotopic (exact) mass is 288 g/mol. The Morgan fingerprint density at radius 1 is 1.20 bits per heavy atom. The van der Waals surface area contributed by atoms with Crippen LogP contribution >= 0.6 is 11.8 Å². The number of benzene rings is 1. The highest BCUT2D eigenvalue weighted by Gasteiger charge is 2.36. The van der Waals surface area contributed by atoms with E-state index in [0.29, 0.717) is 11.5 Å². The molecule has 2 nitrogen and oxygen atoms in total. The summed E-state index contributed by atoms with van der Waals surface area (Å²) < 4.78 is 0. The molecule has 0 bridgehead atoms. The zero-order valence-electron chi connectivity index (χ0n) is 12.5. The van der Waals surface area contributed by atoms with E-state index in [1.54, 1.807) is 0 Å². The lowest BCUT2D eigenvalue weighted by Gasteiger charge is -2.32. The second-order valence-electron chi connectivity index (χ2n) is 6.39. The van der Waals surface area contributed by atoms with Crippen LogP contribution in [0.25, 0.3) is 0 Å². The molecule has 1 saturated carbocycles. The molecule has 0 saturated heterocycles. The molecule has 0 amide bonds. The van der Waals surface area contributed by atoms with Crippen LogP contribution in [0.1, 0.15) is 49.8 Å². The van der Waals surface area contributed by atoms with Crippen LogP contribution in [0.2, 0.25) is 0 Å². The number of nitrogens with zero attached hydrogens (tertiary/aromatic N) is 1. The summed E-state index contributed by atoms with van der Waals surface area (Å²) in [6, 6.07) is 9.10. The van der Waals surface area contributed by atoms with Gasteiger partial charge in [-0.25, -0.2) is 0 Å². The molecule has 1 aliphatic heterocycles. The molecule has 20 heavy (non-hydrogen) atoms. The zero-order chi connectivity index (χ0) is 14.0. The lowest BCUT2D eigenvalue weighted by molar-refractivity contribution is 0.358. The Hall–Kier alpha value is -0.960. The van der Waals surface area contributed by atoms with Crippen molar-refractivity contribution in [3.63, 3.8) is 0 Å². The number of aryl methyl sites for hydroxylation is 1. The molecule has 1 fully saturated rings. The van der Waals surface area contributed by atoms with E-state index in [4.69, 9.17) is 4.99 Å². The summed E-state index contributed by atoms with van der Waals surface area (Å²) in [6.45, 7) is 5.38. The number of aliphatic imine (C=N–C) groups is 1. The fourth-order valence-corrected chi connectivity index (χ4v) is 4.43. The number of hydrogen-bond donors (Lipinski definition) is 1. The molecular weight excluding hydrogens is 264 g/mol. The van der Waals surface area contributed by atoms with Crippen molar-refractivity contribution < 1.29 is 0 Å². The van der Waals surface area contributed by atoms with Gasteiger partial charge < -0.3 is 5.32 Å². The molecule has 0 aromatic heterocycles. The highest BCUT2D eigenvalue weighted by Crippen LogP contribution is 2.43. The Kier molecular flexibility index (Phi) is 4.06. The largest absolute Gasteiger partial charge is 0.358 e. The Bertz CT molecular complexity index is 486. The van der Waals surface area contributed by atoms with E-state index in [1.165, 1.54) is 42.6 Å². The first kappa shape index (κ1) is 14.0. The van der Waals surface area contributed by atoms with Gasteiger partial charge in [-0.2, -0.15) is 0 Å². The number of rotatable bonds is 2. The minimum Gasteiger partial charge on any atom is -0.358 e. The topological polar surface area (TPSA) is 24.4 Å². The number of nitrogens with one attached hydrogen (secondary N) is 1. The van der Waals surface area contributed by atoms with Gasteiger partial charge in [0, 0.05) is 12.3 Å². The van der Waals surface area contributed by atoms with Crippen molar-refractivity contribution in [2.75, 3.05) is 12.3 Å². The number of thioether (sulfide) groups is 1. The highest BCUT2D eigenvalue weighted by molar-refractivity contribution is 8.13. The average molecular weight is 288 g/mol. The molecule has 1 N–H and O–H groups in total. The van der Waals surface area contributed by atoms with Crippen LogP contribution in [-0.4, -0.2) is 17.5 Å². The van der Waals surface area contributed by atoms with Crippen molar-refractivity contribution in [3.8, 4) is 0 Å². The predicted octanol–water partition coefficient (Wildman–Crippen LogP) is 4.31. The molecule has 3 rings (SSSR count). The molecular formula is C17H24N2S. The van der Waals surface area contributed by atoms with Gasteiger partial charge in [0.2, 0.25) is 0 Å². The molecule has 108 valence electrons. The van der Waals surface area contributed by atoms with E-state index in [9.17, 15) is 0 Å². The summed E-state index contributed by atoms with van der Waals surface area (Å²) in [4.78, 5) is 4.82. The van der Waals surface area contributed by atoms with Gasteiger partial charge in [-0.3, -0.25) is 4.99 Å². The van der Waals surface area contributed by atoms with Crippen LogP contribution in [0.4, 0.5) is 0 Å².